The van der Waals surface area contributed by atoms with Crippen LogP contribution in [0.3, 0.4) is 0 Å². The van der Waals surface area contributed by atoms with Crippen LogP contribution in [0.5, 0.6) is 0 Å². The molecule has 4 heteroatoms. The summed E-state index contributed by atoms with van der Waals surface area (Å²) in [4.78, 5) is 6.10. The molecule has 1 fully saturated rings. The first kappa shape index (κ1) is 14.2. The Hall–Kier alpha value is -1.39. The van der Waals surface area contributed by atoms with E-state index in [1.54, 1.807) is 11.3 Å². The van der Waals surface area contributed by atoms with Gasteiger partial charge < -0.3 is 10.1 Å². The molecule has 0 saturated carbocycles. The Bertz CT molecular complexity index is 674. The summed E-state index contributed by atoms with van der Waals surface area (Å²) in [6.07, 6.45) is 6.45. The zero-order chi connectivity index (χ0) is 14.9. The lowest BCUT2D eigenvalue weighted by Gasteiger charge is -2.09. The molecule has 1 unspecified atom stereocenters. The fourth-order valence-electron chi connectivity index (χ4n) is 3.47. The summed E-state index contributed by atoms with van der Waals surface area (Å²) >= 11 is 1.75. The molecule has 2 aromatic rings. The number of nitrogens with one attached hydrogen (secondary N) is 1. The lowest BCUT2D eigenvalue weighted by atomic mass is 10.0. The van der Waals surface area contributed by atoms with Crippen LogP contribution in [0.4, 0.5) is 5.13 Å². The first-order valence-electron chi connectivity index (χ1n) is 8.25. The largest absolute Gasteiger partial charge is 0.376 e. The van der Waals surface area contributed by atoms with Crippen LogP contribution in [0.25, 0.3) is 11.3 Å². The molecule has 0 amide bonds. The molecule has 2 heterocycles. The predicted octanol–water partition coefficient (Wildman–Crippen LogP) is 4.20. The third kappa shape index (κ3) is 2.77. The van der Waals surface area contributed by atoms with Gasteiger partial charge in [0.15, 0.2) is 5.13 Å². The Balaban J connectivity index is 1.52. The molecule has 1 aromatic heterocycles. The minimum Gasteiger partial charge on any atom is -0.376 e. The quantitative estimate of drug-likeness (QED) is 0.918. The Kier molecular flexibility index (Phi) is 3.89. The van der Waals surface area contributed by atoms with E-state index in [4.69, 9.17) is 9.72 Å². The highest BCUT2D eigenvalue weighted by molar-refractivity contribution is 7.16. The molecule has 116 valence electrons. The van der Waals surface area contributed by atoms with Crippen molar-refractivity contribution in [1.82, 2.24) is 4.98 Å². The van der Waals surface area contributed by atoms with Gasteiger partial charge in [-0.2, -0.15) is 0 Å². The summed E-state index contributed by atoms with van der Waals surface area (Å²) in [5.41, 5.74) is 5.43. The molecule has 1 aliphatic carbocycles. The molecule has 1 aromatic carbocycles. The van der Waals surface area contributed by atoms with E-state index in [9.17, 15) is 0 Å². The van der Waals surface area contributed by atoms with Crippen LogP contribution in [-0.4, -0.2) is 24.2 Å². The number of thiazole rings is 1. The van der Waals surface area contributed by atoms with E-state index < -0.39 is 0 Å². The molecule has 1 atom stereocenters. The summed E-state index contributed by atoms with van der Waals surface area (Å²) in [6, 6.07) is 6.86. The van der Waals surface area contributed by atoms with Gasteiger partial charge in [-0.05, 0) is 56.2 Å². The maximum Gasteiger partial charge on any atom is 0.183 e. The van der Waals surface area contributed by atoms with E-state index in [-0.39, 0.29) is 0 Å². The monoisotopic (exact) mass is 314 g/mol. The van der Waals surface area contributed by atoms with E-state index in [1.165, 1.54) is 47.3 Å². The van der Waals surface area contributed by atoms with Crippen molar-refractivity contribution in [2.75, 3.05) is 18.5 Å². The first-order chi connectivity index (χ1) is 10.8. The van der Waals surface area contributed by atoms with Crippen LogP contribution in [-0.2, 0) is 17.6 Å². The van der Waals surface area contributed by atoms with Crippen molar-refractivity contribution >= 4 is 16.5 Å². The summed E-state index contributed by atoms with van der Waals surface area (Å²) in [5, 5.41) is 4.47. The van der Waals surface area contributed by atoms with Gasteiger partial charge in [0.1, 0.15) is 0 Å². The summed E-state index contributed by atoms with van der Waals surface area (Å²) in [5.74, 6) is 0. The molecule has 1 aliphatic heterocycles. The second-order valence-corrected chi connectivity index (χ2v) is 7.48. The summed E-state index contributed by atoms with van der Waals surface area (Å²) < 4.78 is 5.66. The number of aryl methyl sites for hydroxylation is 3. The number of ether oxygens (including phenoxy) is 1. The third-order valence-electron chi connectivity index (χ3n) is 4.67. The van der Waals surface area contributed by atoms with Gasteiger partial charge >= 0.3 is 0 Å². The van der Waals surface area contributed by atoms with Crippen LogP contribution in [0, 0.1) is 6.92 Å². The summed E-state index contributed by atoms with van der Waals surface area (Å²) in [7, 11) is 0. The molecule has 1 N–H and O–H groups in total. The van der Waals surface area contributed by atoms with Crippen molar-refractivity contribution in [1.29, 1.82) is 0 Å². The Morgan fingerprint density at radius 3 is 3.05 bits per heavy atom. The SMILES string of the molecule is Cc1sc(NCC2CCCO2)nc1-c1ccc2c(c1)CCC2. The lowest BCUT2D eigenvalue weighted by molar-refractivity contribution is 0.120. The van der Waals surface area contributed by atoms with E-state index >= 15 is 0 Å². The number of fused-ring (bicyclic) bond motifs is 1. The molecule has 1 saturated heterocycles. The van der Waals surface area contributed by atoms with Crippen molar-refractivity contribution in [2.24, 2.45) is 0 Å². The number of rotatable bonds is 4. The smallest absolute Gasteiger partial charge is 0.183 e. The fraction of sp³-hybridized carbons (Fsp3) is 0.500. The molecule has 2 aliphatic rings. The van der Waals surface area contributed by atoms with Crippen molar-refractivity contribution < 1.29 is 4.74 Å². The van der Waals surface area contributed by atoms with Gasteiger partial charge in [-0.25, -0.2) is 4.98 Å². The maximum atomic E-state index is 5.66. The predicted molar refractivity (Wildman–Crippen MR) is 91.8 cm³/mol. The zero-order valence-electron chi connectivity index (χ0n) is 13.0. The van der Waals surface area contributed by atoms with Crippen LogP contribution in [0.15, 0.2) is 18.2 Å². The van der Waals surface area contributed by atoms with Gasteiger partial charge in [-0.3, -0.25) is 0 Å². The van der Waals surface area contributed by atoms with Gasteiger partial charge in [0.25, 0.3) is 0 Å². The second-order valence-electron chi connectivity index (χ2n) is 6.28. The van der Waals surface area contributed by atoms with Crippen molar-refractivity contribution in [2.45, 2.75) is 45.1 Å². The molecular formula is C18H22N2OS. The minimum atomic E-state index is 0.354. The highest BCUT2D eigenvalue weighted by Crippen LogP contribution is 2.33. The number of hydrogen-bond donors (Lipinski definition) is 1. The van der Waals surface area contributed by atoms with Crippen LogP contribution < -0.4 is 5.32 Å². The lowest BCUT2D eigenvalue weighted by Crippen LogP contribution is -2.18. The van der Waals surface area contributed by atoms with Crippen LogP contribution >= 0.6 is 11.3 Å². The molecule has 4 rings (SSSR count). The van der Waals surface area contributed by atoms with Crippen molar-refractivity contribution in [3.05, 3.63) is 34.2 Å². The van der Waals surface area contributed by atoms with Gasteiger partial charge in [-0.15, -0.1) is 11.3 Å². The number of nitrogens with zero attached hydrogens (tertiary/aromatic N) is 1. The average molecular weight is 314 g/mol. The van der Waals surface area contributed by atoms with Gasteiger partial charge in [0, 0.05) is 23.6 Å². The topological polar surface area (TPSA) is 34.1 Å². The Morgan fingerprint density at radius 1 is 1.27 bits per heavy atom. The average Bonchev–Trinajstić information content (AvgIpc) is 3.25. The molecule has 0 spiro atoms. The van der Waals surface area contributed by atoms with Crippen LogP contribution in [0.2, 0.25) is 0 Å². The second kappa shape index (κ2) is 6.01. The van der Waals surface area contributed by atoms with Crippen molar-refractivity contribution in [3.8, 4) is 11.3 Å². The van der Waals surface area contributed by atoms with Gasteiger partial charge in [-0.1, -0.05) is 12.1 Å². The standard InChI is InChI=1S/C18H22N2OS/c1-12-17(15-8-7-13-4-2-5-14(13)10-15)20-18(22-12)19-11-16-6-3-9-21-16/h7-8,10,16H,2-6,9,11H2,1H3,(H,19,20). The Morgan fingerprint density at radius 2 is 2.18 bits per heavy atom. The zero-order valence-corrected chi connectivity index (χ0v) is 13.8. The number of anilines is 1. The van der Waals surface area contributed by atoms with Gasteiger partial charge in [0.2, 0.25) is 0 Å². The Labute approximate surface area is 135 Å². The van der Waals surface area contributed by atoms with E-state index in [1.807, 2.05) is 0 Å². The molecule has 0 bridgehead atoms. The third-order valence-corrected chi connectivity index (χ3v) is 5.60. The fourth-order valence-corrected chi connectivity index (χ4v) is 4.31. The number of benzene rings is 1. The highest BCUT2D eigenvalue weighted by atomic mass is 32.1. The summed E-state index contributed by atoms with van der Waals surface area (Å²) in [6.45, 7) is 3.94. The molecular weight excluding hydrogens is 292 g/mol. The number of aromatic nitrogens is 1. The van der Waals surface area contributed by atoms with E-state index in [0.29, 0.717) is 6.10 Å². The first-order valence-corrected chi connectivity index (χ1v) is 9.06. The molecule has 3 nitrogen and oxygen atoms in total. The van der Waals surface area contributed by atoms with Crippen molar-refractivity contribution in [3.63, 3.8) is 0 Å². The number of hydrogen-bond acceptors (Lipinski definition) is 4. The van der Waals surface area contributed by atoms with Crippen LogP contribution in [0.1, 0.15) is 35.3 Å². The van der Waals surface area contributed by atoms with E-state index in [0.717, 1.165) is 30.4 Å². The normalized spacial score (nSPS) is 20.3. The molecule has 22 heavy (non-hydrogen) atoms. The van der Waals surface area contributed by atoms with E-state index in [2.05, 4.69) is 30.4 Å². The molecule has 0 radical (unpaired) electrons. The van der Waals surface area contributed by atoms with Gasteiger partial charge in [0.05, 0.1) is 11.8 Å². The highest BCUT2D eigenvalue weighted by Gasteiger charge is 2.17. The minimum absolute atomic E-state index is 0.354. The maximum absolute atomic E-state index is 5.66.